The molecular weight excluding hydrogens is 236 g/mol. The van der Waals surface area contributed by atoms with E-state index in [9.17, 15) is 9.59 Å². The Morgan fingerprint density at radius 2 is 1.11 bits per heavy atom. The number of alkyl carbamates (subject to hydrolysis) is 2. The molecule has 0 aliphatic carbocycles. The van der Waals surface area contributed by atoms with Gasteiger partial charge in [-0.05, 0) is 41.5 Å². The maximum Gasteiger partial charge on any atom is 0.409 e. The predicted octanol–water partition coefficient (Wildman–Crippen LogP) is 2.63. The van der Waals surface area contributed by atoms with Crippen LogP contribution in [0.5, 0.6) is 0 Å². The summed E-state index contributed by atoms with van der Waals surface area (Å²) in [6.07, 6.45) is -1.18. The second-order valence-electron chi connectivity index (χ2n) is 5.53. The number of hydrogen-bond acceptors (Lipinski definition) is 4. The fourth-order valence-corrected chi connectivity index (χ4v) is 0.817. The molecule has 108 valence electrons. The first-order valence-electron chi connectivity index (χ1n) is 5.43. The SMILES string of the molecule is C.CC(C)(C)OC(=O)NCNC(=O)OC(C)(C)C. The molecule has 0 radical (unpaired) electrons. The van der Waals surface area contributed by atoms with Crippen LogP contribution in [-0.2, 0) is 9.47 Å². The van der Waals surface area contributed by atoms with Crippen LogP contribution >= 0.6 is 0 Å². The minimum atomic E-state index is -0.589. The van der Waals surface area contributed by atoms with E-state index in [0.29, 0.717) is 0 Å². The highest BCUT2D eigenvalue weighted by Gasteiger charge is 2.17. The van der Waals surface area contributed by atoms with Crippen LogP contribution in [0.4, 0.5) is 9.59 Å². The molecule has 0 spiro atoms. The van der Waals surface area contributed by atoms with Gasteiger partial charge < -0.3 is 20.1 Å². The van der Waals surface area contributed by atoms with Gasteiger partial charge in [-0.25, -0.2) is 9.59 Å². The van der Waals surface area contributed by atoms with E-state index in [0.717, 1.165) is 0 Å². The van der Waals surface area contributed by atoms with Crippen LogP contribution < -0.4 is 10.6 Å². The summed E-state index contributed by atoms with van der Waals surface area (Å²) in [6.45, 7) is 10.5. The normalized spacial score (nSPS) is 11.0. The highest BCUT2D eigenvalue weighted by atomic mass is 16.6. The Kier molecular flexibility index (Phi) is 7.43. The van der Waals surface area contributed by atoms with Crippen molar-refractivity contribution in [1.82, 2.24) is 10.6 Å². The van der Waals surface area contributed by atoms with E-state index in [1.807, 2.05) is 0 Å². The second kappa shape index (κ2) is 7.08. The third-order valence-corrected chi connectivity index (χ3v) is 1.26. The lowest BCUT2D eigenvalue weighted by molar-refractivity contribution is 0.0476. The summed E-state index contributed by atoms with van der Waals surface area (Å²) in [6, 6.07) is 0. The molecule has 0 bridgehead atoms. The summed E-state index contributed by atoms with van der Waals surface area (Å²) in [4.78, 5) is 22.4. The summed E-state index contributed by atoms with van der Waals surface area (Å²) in [5, 5.41) is 4.77. The molecule has 0 heterocycles. The van der Waals surface area contributed by atoms with Crippen molar-refractivity contribution in [1.29, 1.82) is 0 Å². The van der Waals surface area contributed by atoms with E-state index in [1.54, 1.807) is 41.5 Å². The quantitative estimate of drug-likeness (QED) is 0.750. The summed E-state index contributed by atoms with van der Waals surface area (Å²) in [7, 11) is 0. The average Bonchev–Trinajstić information content (AvgIpc) is 1.95. The number of carbonyl (C=O) groups is 2. The molecule has 6 heteroatoms. The van der Waals surface area contributed by atoms with Gasteiger partial charge in [-0.2, -0.15) is 0 Å². The van der Waals surface area contributed by atoms with E-state index in [-0.39, 0.29) is 14.1 Å². The molecule has 0 saturated carbocycles. The largest absolute Gasteiger partial charge is 0.444 e. The first kappa shape index (κ1) is 18.9. The zero-order valence-electron chi connectivity index (χ0n) is 11.3. The molecule has 0 aromatic heterocycles. The highest BCUT2D eigenvalue weighted by molar-refractivity contribution is 5.70. The number of amides is 2. The second-order valence-corrected chi connectivity index (χ2v) is 5.53. The van der Waals surface area contributed by atoms with Crippen LogP contribution in [0.2, 0.25) is 0 Å². The molecule has 0 atom stereocenters. The van der Waals surface area contributed by atoms with Crippen LogP contribution in [0.15, 0.2) is 0 Å². The maximum atomic E-state index is 11.2. The van der Waals surface area contributed by atoms with Gasteiger partial charge in [0, 0.05) is 0 Å². The molecule has 0 aromatic carbocycles. The van der Waals surface area contributed by atoms with Gasteiger partial charge in [-0.3, -0.25) is 0 Å². The van der Waals surface area contributed by atoms with E-state index in [2.05, 4.69) is 10.6 Å². The molecule has 0 rings (SSSR count). The van der Waals surface area contributed by atoms with Gasteiger partial charge in [-0.1, -0.05) is 7.43 Å². The Bertz CT molecular complexity index is 249. The third-order valence-electron chi connectivity index (χ3n) is 1.26. The Hall–Kier alpha value is -1.46. The molecule has 6 nitrogen and oxygen atoms in total. The minimum Gasteiger partial charge on any atom is -0.444 e. The number of nitrogens with one attached hydrogen (secondary N) is 2. The van der Waals surface area contributed by atoms with Crippen molar-refractivity contribution in [3.05, 3.63) is 0 Å². The van der Waals surface area contributed by atoms with Crippen molar-refractivity contribution in [2.24, 2.45) is 0 Å². The monoisotopic (exact) mass is 262 g/mol. The summed E-state index contributed by atoms with van der Waals surface area (Å²) in [5.41, 5.74) is -1.12. The molecule has 2 amide bonds. The van der Waals surface area contributed by atoms with Crippen molar-refractivity contribution in [2.45, 2.75) is 60.2 Å². The molecule has 2 N–H and O–H groups in total. The molecule has 0 saturated heterocycles. The maximum absolute atomic E-state index is 11.2. The van der Waals surface area contributed by atoms with Crippen LogP contribution in [-0.4, -0.2) is 30.1 Å². The lowest BCUT2D eigenvalue weighted by Crippen LogP contribution is -2.42. The lowest BCUT2D eigenvalue weighted by Gasteiger charge is -2.21. The standard InChI is InChI=1S/C11H22N2O4.CH4/c1-10(2,3)16-8(14)12-7-13-9(15)17-11(4,5)6;/h7H2,1-6H3,(H,12,14)(H,13,15);1H4. The van der Waals surface area contributed by atoms with Crippen molar-refractivity contribution in [3.63, 3.8) is 0 Å². The van der Waals surface area contributed by atoms with Crippen molar-refractivity contribution in [3.8, 4) is 0 Å². The van der Waals surface area contributed by atoms with E-state index in [4.69, 9.17) is 9.47 Å². The predicted molar refractivity (Wildman–Crippen MR) is 70.3 cm³/mol. The van der Waals surface area contributed by atoms with E-state index >= 15 is 0 Å². The minimum absolute atomic E-state index is 0. The fraction of sp³-hybridized carbons (Fsp3) is 0.833. The molecule has 0 aliphatic rings. The van der Waals surface area contributed by atoms with Gasteiger partial charge in [0.15, 0.2) is 0 Å². The zero-order chi connectivity index (χ0) is 13.7. The van der Waals surface area contributed by atoms with Gasteiger partial charge in [0.25, 0.3) is 0 Å². The van der Waals surface area contributed by atoms with Gasteiger partial charge in [0.05, 0.1) is 6.67 Å². The van der Waals surface area contributed by atoms with Crippen molar-refractivity contribution < 1.29 is 19.1 Å². The number of carbonyl (C=O) groups excluding carboxylic acids is 2. The number of ether oxygens (including phenoxy) is 2. The Balaban J connectivity index is 0. The first-order valence-corrected chi connectivity index (χ1v) is 5.43. The average molecular weight is 262 g/mol. The van der Waals surface area contributed by atoms with Crippen LogP contribution in [0.1, 0.15) is 49.0 Å². The molecule has 0 aliphatic heterocycles. The van der Waals surface area contributed by atoms with E-state index < -0.39 is 23.4 Å². The van der Waals surface area contributed by atoms with Gasteiger partial charge in [0.2, 0.25) is 0 Å². The van der Waals surface area contributed by atoms with Gasteiger partial charge in [0.1, 0.15) is 11.2 Å². The van der Waals surface area contributed by atoms with E-state index in [1.165, 1.54) is 0 Å². The van der Waals surface area contributed by atoms with Crippen LogP contribution in [0, 0.1) is 0 Å². The van der Waals surface area contributed by atoms with Crippen molar-refractivity contribution in [2.75, 3.05) is 6.67 Å². The van der Waals surface area contributed by atoms with Crippen molar-refractivity contribution >= 4 is 12.2 Å². The molecule has 0 aromatic rings. The smallest absolute Gasteiger partial charge is 0.409 e. The Labute approximate surface area is 109 Å². The van der Waals surface area contributed by atoms with Crippen LogP contribution in [0.25, 0.3) is 0 Å². The van der Waals surface area contributed by atoms with Gasteiger partial charge in [-0.15, -0.1) is 0 Å². The molecule has 18 heavy (non-hydrogen) atoms. The zero-order valence-corrected chi connectivity index (χ0v) is 11.3. The van der Waals surface area contributed by atoms with Gasteiger partial charge >= 0.3 is 12.2 Å². The molecule has 0 unspecified atom stereocenters. The number of hydrogen-bond donors (Lipinski definition) is 2. The first-order chi connectivity index (χ1) is 7.49. The third kappa shape index (κ3) is 12.6. The summed E-state index contributed by atoms with van der Waals surface area (Å²) < 4.78 is 9.96. The molecule has 0 fully saturated rings. The fourth-order valence-electron chi connectivity index (χ4n) is 0.817. The lowest BCUT2D eigenvalue weighted by atomic mass is 10.2. The summed E-state index contributed by atoms with van der Waals surface area (Å²) >= 11 is 0. The van der Waals surface area contributed by atoms with Crippen LogP contribution in [0.3, 0.4) is 0 Å². The molecular formula is C12H26N2O4. The highest BCUT2D eigenvalue weighted by Crippen LogP contribution is 2.07. The summed E-state index contributed by atoms with van der Waals surface area (Å²) in [5.74, 6) is 0. The number of rotatable bonds is 2. The Morgan fingerprint density at radius 1 is 0.833 bits per heavy atom. The topological polar surface area (TPSA) is 76.7 Å². The Morgan fingerprint density at radius 3 is 1.33 bits per heavy atom.